The summed E-state index contributed by atoms with van der Waals surface area (Å²) in [4.78, 5) is 61.7. The molecule has 0 saturated carbocycles. The molecule has 3 N–H and O–H groups in total. The molecule has 0 bridgehead atoms. The number of dihydropyridines is 1. The molecule has 1 aliphatic heterocycles. The van der Waals surface area contributed by atoms with E-state index in [1.807, 2.05) is 0 Å². The van der Waals surface area contributed by atoms with Crippen molar-refractivity contribution in [2.45, 2.75) is 45.4 Å². The Bertz CT molecular complexity index is 1520. The highest BCUT2D eigenvalue weighted by molar-refractivity contribution is 6.31. The number of unbranched alkanes of at least 4 members (excludes halogenated alkanes) is 1. The first-order chi connectivity index (χ1) is 22.1. The maximum absolute atomic E-state index is 13.2. The van der Waals surface area contributed by atoms with E-state index in [0.717, 1.165) is 0 Å². The first-order valence-electron chi connectivity index (χ1n) is 14.7. The number of carboxylic acids is 1. The van der Waals surface area contributed by atoms with Gasteiger partial charge in [0.15, 0.2) is 0 Å². The van der Waals surface area contributed by atoms with Gasteiger partial charge in [0.2, 0.25) is 5.91 Å². The van der Waals surface area contributed by atoms with Crippen LogP contribution in [-0.4, -0.2) is 68.4 Å². The minimum absolute atomic E-state index is 0.0238. The molecule has 0 radical (unpaired) electrons. The number of allylic oxidation sites excluding steroid dienone is 1. The van der Waals surface area contributed by atoms with E-state index in [-0.39, 0.29) is 67.6 Å². The molecule has 1 unspecified atom stereocenters. The minimum Gasteiger partial charge on any atom is -0.478 e. The Labute approximate surface area is 271 Å². The SMILES string of the molecule is CCOC(=O)C1=C(COCCNC(=O)CCCCC(=O)Oc2ccccc2C(=O)O)NC(C)=C(C(=O)OC)C1c1ccccc1Cl. The largest absolute Gasteiger partial charge is 0.478 e. The molecular formula is C33H37ClN2O10. The third kappa shape index (κ3) is 9.66. The van der Waals surface area contributed by atoms with Crippen LogP contribution in [0.3, 0.4) is 0 Å². The minimum atomic E-state index is -1.20. The Morgan fingerprint density at radius 3 is 2.35 bits per heavy atom. The average molecular weight is 657 g/mol. The third-order valence-corrected chi connectivity index (χ3v) is 7.30. The molecule has 0 saturated heterocycles. The van der Waals surface area contributed by atoms with Crippen molar-refractivity contribution in [2.75, 3.05) is 33.5 Å². The maximum atomic E-state index is 13.2. The van der Waals surface area contributed by atoms with Gasteiger partial charge in [0.25, 0.3) is 0 Å². The van der Waals surface area contributed by atoms with Crippen LogP contribution >= 0.6 is 11.6 Å². The zero-order valence-corrected chi connectivity index (χ0v) is 26.6. The molecule has 2 aromatic rings. The Kier molecular flexibility index (Phi) is 13.8. The van der Waals surface area contributed by atoms with Crippen LogP contribution in [-0.2, 0) is 33.4 Å². The lowest BCUT2D eigenvalue weighted by Gasteiger charge is -2.31. The molecule has 1 amide bonds. The van der Waals surface area contributed by atoms with Crippen molar-refractivity contribution < 1.29 is 48.0 Å². The zero-order valence-electron chi connectivity index (χ0n) is 25.9. The molecule has 246 valence electrons. The number of carboxylic acid groups (broad SMARTS) is 1. The maximum Gasteiger partial charge on any atom is 0.339 e. The highest BCUT2D eigenvalue weighted by atomic mass is 35.5. The van der Waals surface area contributed by atoms with Crippen molar-refractivity contribution in [3.63, 3.8) is 0 Å². The summed E-state index contributed by atoms with van der Waals surface area (Å²) in [6.07, 6.45) is 0.982. The number of rotatable bonds is 16. The lowest BCUT2D eigenvalue weighted by Crippen LogP contribution is -2.35. The van der Waals surface area contributed by atoms with Gasteiger partial charge in [0.1, 0.15) is 11.3 Å². The number of esters is 3. The quantitative estimate of drug-likeness (QED) is 0.134. The van der Waals surface area contributed by atoms with Crippen molar-refractivity contribution in [2.24, 2.45) is 0 Å². The second-order valence-electron chi connectivity index (χ2n) is 10.1. The number of hydrogen-bond acceptors (Lipinski definition) is 10. The van der Waals surface area contributed by atoms with Gasteiger partial charge in [-0.15, -0.1) is 0 Å². The van der Waals surface area contributed by atoms with Crippen molar-refractivity contribution in [3.8, 4) is 5.75 Å². The van der Waals surface area contributed by atoms with Crippen molar-refractivity contribution in [1.29, 1.82) is 0 Å². The number of halogens is 1. The van der Waals surface area contributed by atoms with Crippen LogP contribution in [0.25, 0.3) is 0 Å². The molecule has 0 spiro atoms. The van der Waals surface area contributed by atoms with Crippen LogP contribution in [0, 0.1) is 0 Å². The zero-order chi connectivity index (χ0) is 33.6. The van der Waals surface area contributed by atoms with Crippen molar-refractivity contribution in [3.05, 3.63) is 87.2 Å². The number of aromatic carboxylic acids is 1. The van der Waals surface area contributed by atoms with E-state index in [2.05, 4.69) is 10.6 Å². The van der Waals surface area contributed by atoms with Crippen LogP contribution in [0.1, 0.15) is 61.4 Å². The summed E-state index contributed by atoms with van der Waals surface area (Å²) in [7, 11) is 1.26. The predicted octanol–water partition coefficient (Wildman–Crippen LogP) is 4.29. The highest BCUT2D eigenvalue weighted by Gasteiger charge is 2.39. The van der Waals surface area contributed by atoms with Gasteiger partial charge in [-0.25, -0.2) is 14.4 Å². The number of carbonyl (C=O) groups excluding carboxylic acids is 4. The molecule has 46 heavy (non-hydrogen) atoms. The van der Waals surface area contributed by atoms with Gasteiger partial charge in [0, 0.05) is 30.1 Å². The van der Waals surface area contributed by atoms with E-state index >= 15 is 0 Å². The second kappa shape index (κ2) is 17.7. The van der Waals surface area contributed by atoms with E-state index in [0.29, 0.717) is 34.8 Å². The van der Waals surface area contributed by atoms with Gasteiger partial charge in [-0.05, 0) is 50.5 Å². The van der Waals surface area contributed by atoms with Gasteiger partial charge in [-0.3, -0.25) is 9.59 Å². The van der Waals surface area contributed by atoms with Crippen molar-refractivity contribution in [1.82, 2.24) is 10.6 Å². The molecule has 2 aromatic carbocycles. The summed E-state index contributed by atoms with van der Waals surface area (Å²) in [6, 6.07) is 12.7. The summed E-state index contributed by atoms with van der Waals surface area (Å²) in [6.45, 7) is 3.72. The Morgan fingerprint density at radius 2 is 1.65 bits per heavy atom. The van der Waals surface area contributed by atoms with Gasteiger partial charge < -0.3 is 34.7 Å². The Morgan fingerprint density at radius 1 is 0.957 bits per heavy atom. The van der Waals surface area contributed by atoms with Crippen LogP contribution < -0.4 is 15.4 Å². The molecule has 12 nitrogen and oxygen atoms in total. The summed E-state index contributed by atoms with van der Waals surface area (Å²) in [5, 5.41) is 15.4. The van der Waals surface area contributed by atoms with Gasteiger partial charge in [0.05, 0.1) is 49.7 Å². The fourth-order valence-corrected chi connectivity index (χ4v) is 5.09. The van der Waals surface area contributed by atoms with E-state index in [9.17, 15) is 29.1 Å². The number of amides is 1. The molecule has 0 fully saturated rings. The molecule has 1 aliphatic rings. The van der Waals surface area contributed by atoms with Gasteiger partial charge >= 0.3 is 23.9 Å². The predicted molar refractivity (Wildman–Crippen MR) is 167 cm³/mol. The van der Waals surface area contributed by atoms with Crippen LogP contribution in [0.5, 0.6) is 5.75 Å². The van der Waals surface area contributed by atoms with Gasteiger partial charge in [-0.2, -0.15) is 0 Å². The monoisotopic (exact) mass is 656 g/mol. The number of benzene rings is 2. The topological polar surface area (TPSA) is 167 Å². The average Bonchev–Trinajstić information content (AvgIpc) is 3.02. The summed E-state index contributed by atoms with van der Waals surface area (Å²) in [5.41, 5.74) is 1.65. The lowest BCUT2D eigenvalue weighted by atomic mass is 9.80. The number of hydrogen-bond donors (Lipinski definition) is 3. The number of carbonyl (C=O) groups is 5. The number of methoxy groups -OCH3 is 1. The van der Waals surface area contributed by atoms with E-state index in [4.69, 9.17) is 30.5 Å². The summed E-state index contributed by atoms with van der Waals surface area (Å²) >= 11 is 6.51. The fraction of sp³-hybridized carbons (Fsp3) is 0.364. The van der Waals surface area contributed by atoms with Crippen LogP contribution in [0.15, 0.2) is 71.1 Å². The van der Waals surface area contributed by atoms with Crippen LogP contribution in [0.2, 0.25) is 5.02 Å². The highest BCUT2D eigenvalue weighted by Crippen LogP contribution is 2.41. The van der Waals surface area contributed by atoms with E-state index < -0.39 is 29.8 Å². The first-order valence-corrected chi connectivity index (χ1v) is 15.0. The first kappa shape index (κ1) is 35.8. The molecule has 0 aliphatic carbocycles. The molecular weight excluding hydrogens is 620 g/mol. The lowest BCUT2D eigenvalue weighted by molar-refractivity contribution is -0.139. The number of ether oxygens (including phenoxy) is 4. The number of nitrogens with one attached hydrogen (secondary N) is 2. The smallest absolute Gasteiger partial charge is 0.339 e. The molecule has 1 heterocycles. The summed E-state index contributed by atoms with van der Waals surface area (Å²) < 4.78 is 21.3. The normalized spacial score (nSPS) is 14.3. The Hall–Kier alpha value is -4.68. The van der Waals surface area contributed by atoms with Crippen LogP contribution in [0.4, 0.5) is 0 Å². The molecule has 3 rings (SSSR count). The second-order valence-corrected chi connectivity index (χ2v) is 10.5. The van der Waals surface area contributed by atoms with Gasteiger partial charge in [-0.1, -0.05) is 41.9 Å². The van der Waals surface area contributed by atoms with E-state index in [1.165, 1.54) is 25.3 Å². The number of para-hydroxylation sites is 1. The molecule has 0 aromatic heterocycles. The molecule has 13 heteroatoms. The fourth-order valence-electron chi connectivity index (χ4n) is 4.85. The molecule has 1 atom stereocenters. The summed E-state index contributed by atoms with van der Waals surface area (Å²) in [5.74, 6) is -4.19. The third-order valence-electron chi connectivity index (χ3n) is 6.95. The standard InChI is InChI=1S/C33H37ClN2O10/c1-4-45-33(42)30-24(36-20(2)28(32(41)43-3)29(30)21-11-5-7-13-23(21)34)19-44-18-17-35-26(37)15-9-10-16-27(38)46-25-14-8-6-12-22(25)31(39)40/h5-8,11-14,29,36H,4,9-10,15-19H2,1-3H3,(H,35,37)(H,39,40). The van der Waals surface area contributed by atoms with E-state index in [1.54, 1.807) is 44.2 Å². The Balaban J connectivity index is 1.54. The van der Waals surface area contributed by atoms with Crippen molar-refractivity contribution >= 4 is 41.4 Å².